The molecule has 0 unspecified atom stereocenters. The van der Waals surface area contributed by atoms with E-state index >= 15 is 0 Å². The fraction of sp³-hybridized carbons (Fsp3) is 0.375. The Bertz CT molecular complexity index is 1380. The molecule has 3 heterocycles. The molecular formula is C24H27N5O4S2. The lowest BCUT2D eigenvalue weighted by molar-refractivity contribution is 0.0605. The third kappa shape index (κ3) is 5.73. The van der Waals surface area contributed by atoms with Gasteiger partial charge in [0.25, 0.3) is 5.56 Å². The number of rotatable bonds is 10. The first-order valence-electron chi connectivity index (χ1n) is 11.2. The van der Waals surface area contributed by atoms with Gasteiger partial charge in [0.05, 0.1) is 18.2 Å². The first kappa shape index (κ1) is 24.9. The minimum absolute atomic E-state index is 0.271. The molecule has 0 spiro atoms. The summed E-state index contributed by atoms with van der Waals surface area (Å²) in [7, 11) is 1.32. The van der Waals surface area contributed by atoms with Crippen LogP contribution in [0.2, 0.25) is 0 Å². The van der Waals surface area contributed by atoms with E-state index in [1.54, 1.807) is 6.92 Å². The number of ether oxygens (including phenoxy) is 2. The zero-order valence-corrected chi connectivity index (χ0v) is 21.7. The van der Waals surface area contributed by atoms with Crippen LogP contribution in [0.5, 0.6) is 5.75 Å². The number of hydrogen-bond acceptors (Lipinski definition) is 9. The predicted molar refractivity (Wildman–Crippen MR) is 136 cm³/mol. The normalized spacial score (nSPS) is 11.3. The van der Waals surface area contributed by atoms with Crippen molar-refractivity contribution in [2.45, 2.75) is 51.3 Å². The van der Waals surface area contributed by atoms with Gasteiger partial charge in [-0.2, -0.15) is 0 Å². The van der Waals surface area contributed by atoms with Gasteiger partial charge in [-0.3, -0.25) is 4.79 Å². The van der Waals surface area contributed by atoms with Gasteiger partial charge in [0.15, 0.2) is 11.0 Å². The first-order chi connectivity index (χ1) is 16.9. The van der Waals surface area contributed by atoms with Gasteiger partial charge in [0, 0.05) is 6.54 Å². The number of aromatic amines is 1. The van der Waals surface area contributed by atoms with Gasteiger partial charge in [-0.05, 0) is 37.0 Å². The van der Waals surface area contributed by atoms with E-state index in [9.17, 15) is 9.59 Å². The Morgan fingerprint density at radius 2 is 2.00 bits per heavy atom. The van der Waals surface area contributed by atoms with Crippen LogP contribution in [0.3, 0.4) is 0 Å². The molecule has 0 atom stereocenters. The predicted octanol–water partition coefficient (Wildman–Crippen LogP) is 4.59. The molecule has 3 aromatic heterocycles. The average molecular weight is 514 g/mol. The van der Waals surface area contributed by atoms with Crippen molar-refractivity contribution in [3.05, 3.63) is 62.8 Å². The number of aryl methyl sites for hydroxylation is 1. The van der Waals surface area contributed by atoms with Crippen LogP contribution >= 0.6 is 23.1 Å². The largest absolute Gasteiger partial charge is 0.486 e. The Labute approximate surface area is 210 Å². The zero-order chi connectivity index (χ0) is 24.9. The fourth-order valence-corrected chi connectivity index (χ4v) is 5.46. The molecule has 0 radical (unpaired) electrons. The monoisotopic (exact) mass is 513 g/mol. The Morgan fingerprint density at radius 3 is 2.71 bits per heavy atom. The summed E-state index contributed by atoms with van der Waals surface area (Å²) in [5.74, 6) is 2.47. The van der Waals surface area contributed by atoms with Crippen molar-refractivity contribution in [2.24, 2.45) is 5.92 Å². The average Bonchev–Trinajstić information content (AvgIpc) is 3.40. The van der Waals surface area contributed by atoms with Crippen molar-refractivity contribution in [1.29, 1.82) is 0 Å². The number of methoxy groups -OCH3 is 1. The lowest BCUT2D eigenvalue weighted by Crippen LogP contribution is -2.12. The molecule has 184 valence electrons. The van der Waals surface area contributed by atoms with E-state index in [-0.39, 0.29) is 5.56 Å². The van der Waals surface area contributed by atoms with Crippen molar-refractivity contribution >= 4 is 39.3 Å². The third-order valence-electron chi connectivity index (χ3n) is 5.39. The summed E-state index contributed by atoms with van der Waals surface area (Å²) < 4.78 is 12.8. The Kier molecular flexibility index (Phi) is 7.86. The summed E-state index contributed by atoms with van der Waals surface area (Å²) >= 11 is 2.61. The van der Waals surface area contributed by atoms with E-state index in [1.165, 1.54) is 30.2 Å². The second-order valence-corrected chi connectivity index (χ2v) is 10.3. The van der Waals surface area contributed by atoms with E-state index in [1.807, 2.05) is 30.3 Å². The maximum atomic E-state index is 12.7. The van der Waals surface area contributed by atoms with E-state index < -0.39 is 5.97 Å². The summed E-state index contributed by atoms with van der Waals surface area (Å²) in [4.78, 5) is 33.1. The van der Waals surface area contributed by atoms with Crippen LogP contribution in [0.15, 0.2) is 40.3 Å². The minimum Gasteiger partial charge on any atom is -0.486 e. The van der Waals surface area contributed by atoms with Gasteiger partial charge >= 0.3 is 5.97 Å². The van der Waals surface area contributed by atoms with Crippen molar-refractivity contribution in [1.82, 2.24) is 24.7 Å². The van der Waals surface area contributed by atoms with Crippen LogP contribution < -0.4 is 10.3 Å². The Morgan fingerprint density at radius 1 is 1.23 bits per heavy atom. The summed E-state index contributed by atoms with van der Waals surface area (Å²) in [6.07, 6.45) is 0.968. The Hall–Kier alpha value is -3.18. The van der Waals surface area contributed by atoms with Crippen molar-refractivity contribution in [2.75, 3.05) is 7.11 Å². The quantitative estimate of drug-likeness (QED) is 0.242. The molecule has 0 fully saturated rings. The van der Waals surface area contributed by atoms with Gasteiger partial charge in [-0.1, -0.05) is 43.8 Å². The highest BCUT2D eigenvalue weighted by Gasteiger charge is 2.20. The number of nitrogens with one attached hydrogen (secondary N) is 1. The smallest absolute Gasteiger partial charge is 0.348 e. The van der Waals surface area contributed by atoms with Crippen LogP contribution in [0.4, 0.5) is 0 Å². The van der Waals surface area contributed by atoms with Crippen LogP contribution in [-0.2, 0) is 23.6 Å². The van der Waals surface area contributed by atoms with Crippen molar-refractivity contribution in [3.63, 3.8) is 0 Å². The molecule has 11 heteroatoms. The summed E-state index contributed by atoms with van der Waals surface area (Å²) in [5, 5.41) is 9.89. The number of H-pyrrole nitrogens is 1. The van der Waals surface area contributed by atoms with Gasteiger partial charge < -0.3 is 19.0 Å². The number of carbonyl (C=O) groups is 1. The molecule has 0 aliphatic rings. The first-order valence-corrected chi connectivity index (χ1v) is 13.0. The van der Waals surface area contributed by atoms with Gasteiger partial charge in [0.2, 0.25) is 0 Å². The minimum atomic E-state index is -0.468. The van der Waals surface area contributed by atoms with Crippen molar-refractivity contribution in [3.8, 4) is 5.75 Å². The molecule has 1 aromatic carbocycles. The number of carbonyl (C=O) groups excluding carboxylic acids is 1. The number of fused-ring (bicyclic) bond motifs is 1. The zero-order valence-electron chi connectivity index (χ0n) is 20.0. The van der Waals surface area contributed by atoms with Gasteiger partial charge in [0.1, 0.15) is 27.9 Å². The molecular weight excluding hydrogens is 486 g/mol. The standard InChI is InChI=1S/C24H27N5O4S2/c1-14(2)10-11-29-18(12-33-16-8-6-5-7-9-16)27-28-24(29)34-13-17-25-21(30)19-15(3)20(23(31)32-4)35-22(19)26-17/h5-9,14H,10-13H2,1-4H3,(H,25,26,30). The summed E-state index contributed by atoms with van der Waals surface area (Å²) in [6.45, 7) is 7.14. The summed E-state index contributed by atoms with van der Waals surface area (Å²) in [6, 6.07) is 9.60. The van der Waals surface area contributed by atoms with E-state index in [0.29, 0.717) is 44.8 Å². The SMILES string of the molecule is COC(=O)c1sc2nc(CSc3nnc(COc4ccccc4)n3CCC(C)C)[nH]c(=O)c2c1C. The lowest BCUT2D eigenvalue weighted by atomic mass is 10.1. The van der Waals surface area contributed by atoms with Gasteiger partial charge in [-0.15, -0.1) is 21.5 Å². The summed E-state index contributed by atoms with van der Waals surface area (Å²) in [5.41, 5.74) is 0.314. The fourth-order valence-electron chi connectivity index (χ4n) is 3.49. The number of hydrogen-bond donors (Lipinski definition) is 1. The molecule has 0 saturated carbocycles. The van der Waals surface area contributed by atoms with E-state index in [2.05, 4.69) is 38.6 Å². The topological polar surface area (TPSA) is 112 Å². The van der Waals surface area contributed by atoms with Gasteiger partial charge in [-0.25, -0.2) is 9.78 Å². The third-order valence-corrected chi connectivity index (χ3v) is 7.54. The molecule has 0 bridgehead atoms. The van der Waals surface area contributed by atoms with E-state index in [4.69, 9.17) is 9.47 Å². The number of thioether (sulfide) groups is 1. The number of benzene rings is 1. The lowest BCUT2D eigenvalue weighted by Gasteiger charge is -2.12. The second kappa shape index (κ2) is 11.0. The molecule has 0 saturated heterocycles. The second-order valence-electron chi connectivity index (χ2n) is 8.36. The maximum Gasteiger partial charge on any atom is 0.348 e. The number of thiophene rings is 1. The van der Waals surface area contributed by atoms with E-state index in [0.717, 1.165) is 29.7 Å². The molecule has 9 nitrogen and oxygen atoms in total. The molecule has 0 aliphatic carbocycles. The van der Waals surface area contributed by atoms with Crippen LogP contribution in [0, 0.1) is 12.8 Å². The highest BCUT2D eigenvalue weighted by atomic mass is 32.2. The number of esters is 1. The van der Waals surface area contributed by atoms with Crippen LogP contribution in [0.1, 0.15) is 47.2 Å². The molecule has 0 amide bonds. The molecule has 4 aromatic rings. The maximum absolute atomic E-state index is 12.7. The van der Waals surface area contributed by atoms with Crippen molar-refractivity contribution < 1.29 is 14.3 Å². The Balaban J connectivity index is 1.54. The van der Waals surface area contributed by atoms with Crippen LogP contribution in [-0.4, -0.2) is 37.8 Å². The van der Waals surface area contributed by atoms with Crippen LogP contribution in [0.25, 0.3) is 10.2 Å². The molecule has 0 aliphatic heterocycles. The molecule has 35 heavy (non-hydrogen) atoms. The molecule has 1 N–H and O–H groups in total. The highest BCUT2D eigenvalue weighted by molar-refractivity contribution is 7.98. The highest BCUT2D eigenvalue weighted by Crippen LogP contribution is 2.29. The molecule has 4 rings (SSSR count). The number of para-hydroxylation sites is 1. The number of aromatic nitrogens is 5. The number of nitrogens with zero attached hydrogens (tertiary/aromatic N) is 4.